The molecular weight excluding hydrogens is 535 g/mol. The Balaban J connectivity index is 1.44. The molecule has 1 aromatic heterocycles. The first-order chi connectivity index (χ1) is 19.6. The lowest BCUT2D eigenvalue weighted by Crippen LogP contribution is -2.47. The molecule has 222 valence electrons. The van der Waals surface area contributed by atoms with Gasteiger partial charge >= 0.3 is 0 Å². The van der Waals surface area contributed by atoms with Crippen molar-refractivity contribution in [3.8, 4) is 0 Å². The van der Waals surface area contributed by atoms with Crippen LogP contribution >= 0.6 is 0 Å². The van der Waals surface area contributed by atoms with E-state index in [-0.39, 0.29) is 30.7 Å². The van der Waals surface area contributed by atoms with E-state index in [4.69, 9.17) is 0 Å². The number of aromatic nitrogens is 2. The zero-order valence-electron chi connectivity index (χ0n) is 24.0. The summed E-state index contributed by atoms with van der Waals surface area (Å²) in [6.07, 6.45) is -1.97. The molecule has 12 heteroatoms. The van der Waals surface area contributed by atoms with E-state index in [1.807, 2.05) is 31.8 Å². The molecule has 1 aliphatic rings. The number of nitrogens with zero attached hydrogens (tertiary/aromatic N) is 5. The molecule has 0 unspecified atom stereocenters. The smallest absolute Gasteiger partial charge is 0.257 e. The van der Waals surface area contributed by atoms with E-state index in [9.17, 15) is 22.8 Å². The molecule has 41 heavy (non-hydrogen) atoms. The molecule has 2 amide bonds. The summed E-state index contributed by atoms with van der Waals surface area (Å²) in [5, 5.41) is 14.7. The summed E-state index contributed by atoms with van der Waals surface area (Å²) in [6.45, 7) is 7.77. The van der Waals surface area contributed by atoms with Crippen LogP contribution in [0.3, 0.4) is 0 Å². The number of benzene rings is 2. The minimum Gasteiger partial charge on any atom is -0.315 e. The molecule has 2 N–H and O–H groups in total. The van der Waals surface area contributed by atoms with E-state index in [0.717, 1.165) is 34.3 Å². The van der Waals surface area contributed by atoms with E-state index < -0.39 is 13.0 Å². The van der Waals surface area contributed by atoms with Crippen LogP contribution in [0.5, 0.6) is 0 Å². The van der Waals surface area contributed by atoms with Crippen molar-refractivity contribution in [2.45, 2.75) is 53.3 Å². The predicted octanol–water partition coefficient (Wildman–Crippen LogP) is 3.23. The topological polar surface area (TPSA) is 85.7 Å². The molecule has 0 atom stereocenters. The fourth-order valence-electron chi connectivity index (χ4n) is 5.22. The fourth-order valence-corrected chi connectivity index (χ4v) is 5.22. The van der Waals surface area contributed by atoms with Crippen molar-refractivity contribution in [2.24, 2.45) is 0 Å². The van der Waals surface area contributed by atoms with Crippen molar-refractivity contribution in [2.75, 3.05) is 44.7 Å². The van der Waals surface area contributed by atoms with Crippen LogP contribution in [-0.4, -0.2) is 77.8 Å². The summed E-state index contributed by atoms with van der Waals surface area (Å²) < 4.78 is 41.2. The molecule has 0 radical (unpaired) electrons. The van der Waals surface area contributed by atoms with Crippen LogP contribution in [0.25, 0.3) is 10.9 Å². The molecular formula is C29H38F3N7O2. The second-order valence-electron chi connectivity index (χ2n) is 10.2. The van der Waals surface area contributed by atoms with E-state index in [1.165, 1.54) is 21.8 Å². The fraction of sp³-hybridized carbons (Fsp3) is 0.483. The maximum atomic E-state index is 13.6. The van der Waals surface area contributed by atoms with Gasteiger partial charge in [-0.1, -0.05) is 19.9 Å². The predicted molar refractivity (Wildman–Crippen MR) is 152 cm³/mol. The molecule has 0 spiro atoms. The standard InChI is InChI=1S/C29H38F3N7O2/c1-5-25-23-11-19(3)26(13-24(23)35-39(25)18-27(31)32)38(10-9-33-6-2)29(41)15-34-14-28(40)36(4)37-16-20-7-8-22(30)12-21(20)17-37/h7-8,11-13,27,33-34H,5-6,9-10,14-18H2,1-4H3. The van der Waals surface area contributed by atoms with Gasteiger partial charge in [0.2, 0.25) is 5.91 Å². The van der Waals surface area contributed by atoms with Crippen LogP contribution in [-0.2, 0) is 35.6 Å². The number of alkyl halides is 2. The van der Waals surface area contributed by atoms with Gasteiger partial charge < -0.3 is 10.2 Å². The minimum absolute atomic E-state index is 0.0552. The molecule has 0 saturated carbocycles. The van der Waals surface area contributed by atoms with Crippen molar-refractivity contribution >= 4 is 28.4 Å². The lowest BCUT2D eigenvalue weighted by Gasteiger charge is -2.28. The first kappa shape index (κ1) is 30.5. The summed E-state index contributed by atoms with van der Waals surface area (Å²) in [4.78, 5) is 27.9. The van der Waals surface area contributed by atoms with Gasteiger partial charge in [0.05, 0.1) is 18.6 Å². The molecule has 0 fully saturated rings. The molecule has 3 aromatic rings. The average Bonchev–Trinajstić information content (AvgIpc) is 3.49. The number of anilines is 1. The Morgan fingerprint density at radius 3 is 2.49 bits per heavy atom. The number of halogens is 3. The monoisotopic (exact) mass is 573 g/mol. The van der Waals surface area contributed by atoms with E-state index in [2.05, 4.69) is 15.7 Å². The van der Waals surface area contributed by atoms with Crippen LogP contribution in [0.15, 0.2) is 30.3 Å². The van der Waals surface area contributed by atoms with E-state index in [0.29, 0.717) is 43.8 Å². The highest BCUT2D eigenvalue weighted by molar-refractivity contribution is 5.98. The molecule has 0 aliphatic carbocycles. The summed E-state index contributed by atoms with van der Waals surface area (Å²) in [7, 11) is 1.66. The average molecular weight is 574 g/mol. The van der Waals surface area contributed by atoms with Crippen LogP contribution in [0.4, 0.5) is 18.9 Å². The zero-order valence-corrected chi connectivity index (χ0v) is 24.0. The summed E-state index contributed by atoms with van der Waals surface area (Å²) in [5.41, 5.74) is 4.59. The molecule has 0 saturated heterocycles. The first-order valence-electron chi connectivity index (χ1n) is 13.9. The molecule has 4 rings (SSSR count). The van der Waals surface area contributed by atoms with Crippen LogP contribution in [0.1, 0.15) is 36.2 Å². The van der Waals surface area contributed by atoms with Gasteiger partial charge in [0.15, 0.2) is 0 Å². The SMILES string of the molecule is CCNCCN(C(=O)CNCC(=O)N(C)N1Cc2ccc(F)cc2C1)c1cc2nn(CC(F)F)c(CC)c2cc1C. The van der Waals surface area contributed by atoms with Gasteiger partial charge in [-0.25, -0.2) is 18.2 Å². The van der Waals surface area contributed by atoms with Crippen molar-refractivity contribution < 1.29 is 22.8 Å². The highest BCUT2D eigenvalue weighted by atomic mass is 19.3. The third-order valence-electron chi connectivity index (χ3n) is 7.38. The van der Waals surface area contributed by atoms with E-state index >= 15 is 0 Å². The van der Waals surface area contributed by atoms with Crippen molar-refractivity contribution in [3.63, 3.8) is 0 Å². The normalized spacial score (nSPS) is 13.3. The zero-order chi connectivity index (χ0) is 29.7. The highest BCUT2D eigenvalue weighted by Gasteiger charge is 2.26. The number of likely N-dealkylation sites (N-methyl/N-ethyl adjacent to an activating group) is 2. The maximum Gasteiger partial charge on any atom is 0.257 e. The molecule has 9 nitrogen and oxygen atoms in total. The number of hydrogen-bond donors (Lipinski definition) is 2. The number of aryl methyl sites for hydroxylation is 2. The van der Waals surface area contributed by atoms with Crippen molar-refractivity contribution in [3.05, 3.63) is 58.5 Å². The van der Waals surface area contributed by atoms with Crippen LogP contribution < -0.4 is 15.5 Å². The third-order valence-corrected chi connectivity index (χ3v) is 7.38. The van der Waals surface area contributed by atoms with Crippen molar-refractivity contribution in [1.29, 1.82) is 0 Å². The Morgan fingerprint density at radius 2 is 1.78 bits per heavy atom. The number of carbonyl (C=O) groups excluding carboxylic acids is 2. The van der Waals surface area contributed by atoms with Gasteiger partial charge in [-0.05, 0) is 60.8 Å². The van der Waals surface area contributed by atoms with Gasteiger partial charge in [0.1, 0.15) is 12.4 Å². The van der Waals surface area contributed by atoms with Gasteiger partial charge in [-0.3, -0.25) is 24.6 Å². The Hall–Kier alpha value is -3.48. The summed E-state index contributed by atoms with van der Waals surface area (Å²) in [5.74, 6) is -0.757. The second kappa shape index (κ2) is 13.5. The molecule has 1 aliphatic heterocycles. The summed E-state index contributed by atoms with van der Waals surface area (Å²) in [6, 6.07) is 8.31. The molecule has 0 bridgehead atoms. The maximum absolute atomic E-state index is 13.6. The number of nitrogens with one attached hydrogen (secondary N) is 2. The van der Waals surface area contributed by atoms with Crippen LogP contribution in [0, 0.1) is 12.7 Å². The molecule has 2 aromatic carbocycles. The first-order valence-corrected chi connectivity index (χ1v) is 13.9. The van der Waals surface area contributed by atoms with Gasteiger partial charge in [0.25, 0.3) is 12.3 Å². The highest BCUT2D eigenvalue weighted by Crippen LogP contribution is 2.29. The lowest BCUT2D eigenvalue weighted by atomic mass is 10.1. The number of fused-ring (bicyclic) bond motifs is 2. The Morgan fingerprint density at radius 1 is 1.05 bits per heavy atom. The van der Waals surface area contributed by atoms with Gasteiger partial charge in [-0.2, -0.15) is 5.10 Å². The third kappa shape index (κ3) is 7.06. The van der Waals surface area contributed by atoms with Gasteiger partial charge in [-0.15, -0.1) is 0 Å². The van der Waals surface area contributed by atoms with E-state index in [1.54, 1.807) is 24.1 Å². The Labute approximate surface area is 238 Å². The number of amides is 2. The van der Waals surface area contributed by atoms with Crippen LogP contribution in [0.2, 0.25) is 0 Å². The quantitative estimate of drug-likeness (QED) is 0.306. The Kier molecular flexibility index (Phi) is 10.0. The number of hydrazine groups is 1. The number of rotatable bonds is 13. The lowest BCUT2D eigenvalue weighted by molar-refractivity contribution is -0.145. The summed E-state index contributed by atoms with van der Waals surface area (Å²) >= 11 is 0. The number of carbonyl (C=O) groups is 2. The second-order valence-corrected chi connectivity index (χ2v) is 10.2. The minimum atomic E-state index is -2.52. The van der Waals surface area contributed by atoms with Gasteiger partial charge in [0, 0.05) is 50.0 Å². The number of hydrogen-bond acceptors (Lipinski definition) is 6. The van der Waals surface area contributed by atoms with Crippen molar-refractivity contribution in [1.82, 2.24) is 30.4 Å². The molecule has 2 heterocycles. The Bertz CT molecular complexity index is 1390. The largest absolute Gasteiger partial charge is 0.315 e.